The van der Waals surface area contributed by atoms with Gasteiger partial charge in [-0.2, -0.15) is 0 Å². The molecule has 0 atom stereocenters. The monoisotopic (exact) mass is 452 g/mol. The number of hydrogen-bond acceptors (Lipinski definition) is 4. The molecule has 8 heteroatoms. The van der Waals surface area contributed by atoms with Gasteiger partial charge in [0.25, 0.3) is 0 Å². The number of anilines is 1. The summed E-state index contributed by atoms with van der Waals surface area (Å²) in [6.45, 7) is 2.12. The van der Waals surface area contributed by atoms with Crippen molar-refractivity contribution in [3.63, 3.8) is 0 Å². The van der Waals surface area contributed by atoms with Crippen molar-refractivity contribution in [2.24, 2.45) is 0 Å². The van der Waals surface area contributed by atoms with E-state index in [9.17, 15) is 0 Å². The average Bonchev–Trinajstić information content (AvgIpc) is 3.45. The highest BCUT2D eigenvalue weighted by atomic mass is 35.5. The molecule has 3 aromatic heterocycles. The lowest BCUT2D eigenvalue weighted by Crippen LogP contribution is -2.28. The van der Waals surface area contributed by atoms with Crippen LogP contribution in [0.25, 0.3) is 33.8 Å². The molecule has 6 nitrogen and oxygen atoms in total. The zero-order valence-electron chi connectivity index (χ0n) is 16.8. The van der Waals surface area contributed by atoms with Gasteiger partial charge in [-0.3, -0.25) is 0 Å². The van der Waals surface area contributed by atoms with Crippen molar-refractivity contribution in [3.05, 3.63) is 65.2 Å². The lowest BCUT2D eigenvalue weighted by Gasteiger charge is -2.24. The number of nitrogen functional groups attached to an aromatic ring is 1. The SMILES string of the molecule is Nc1ncc(-c2ccn(C3CCNCC3)c2)cc1-c1ncc(-c2c(Cl)cccc2Cl)[nH]1. The second-order valence-corrected chi connectivity index (χ2v) is 8.54. The molecule has 4 heterocycles. The highest BCUT2D eigenvalue weighted by Crippen LogP contribution is 2.36. The van der Waals surface area contributed by atoms with E-state index in [-0.39, 0.29) is 0 Å². The molecular formula is C23H22Cl2N6. The predicted octanol–water partition coefficient (Wildman–Crippen LogP) is 5.42. The number of imidazole rings is 1. The zero-order chi connectivity index (χ0) is 21.4. The van der Waals surface area contributed by atoms with Gasteiger partial charge in [-0.15, -0.1) is 0 Å². The number of nitrogens with one attached hydrogen (secondary N) is 2. The minimum Gasteiger partial charge on any atom is -0.383 e. The van der Waals surface area contributed by atoms with Gasteiger partial charge in [0.05, 0.1) is 27.5 Å². The van der Waals surface area contributed by atoms with Gasteiger partial charge in [0.15, 0.2) is 0 Å². The normalized spacial score (nSPS) is 14.8. The Morgan fingerprint density at radius 1 is 1.00 bits per heavy atom. The third-order valence-corrected chi connectivity index (χ3v) is 6.39. The summed E-state index contributed by atoms with van der Waals surface area (Å²) in [5.74, 6) is 1.03. The largest absolute Gasteiger partial charge is 0.383 e. The molecule has 1 aliphatic heterocycles. The molecule has 0 radical (unpaired) electrons. The van der Waals surface area contributed by atoms with Gasteiger partial charge in [0.1, 0.15) is 11.6 Å². The van der Waals surface area contributed by atoms with Crippen LogP contribution >= 0.6 is 23.2 Å². The maximum atomic E-state index is 6.35. The summed E-state index contributed by atoms with van der Waals surface area (Å²) in [6.07, 6.45) is 10.1. The Kier molecular flexibility index (Phi) is 5.44. The van der Waals surface area contributed by atoms with Gasteiger partial charge < -0.3 is 20.6 Å². The Balaban J connectivity index is 1.47. The molecule has 1 fully saturated rings. The highest BCUT2D eigenvalue weighted by Gasteiger charge is 2.17. The molecule has 0 spiro atoms. The summed E-state index contributed by atoms with van der Waals surface area (Å²) < 4.78 is 2.30. The molecule has 0 aliphatic carbocycles. The molecule has 4 N–H and O–H groups in total. The first-order chi connectivity index (χ1) is 15.1. The number of H-pyrrole nitrogens is 1. The lowest BCUT2D eigenvalue weighted by molar-refractivity contribution is 0.369. The van der Waals surface area contributed by atoms with Gasteiger partial charge in [-0.25, -0.2) is 9.97 Å². The minimum absolute atomic E-state index is 0.410. The first-order valence-electron chi connectivity index (χ1n) is 10.2. The number of pyridine rings is 1. The molecule has 4 aromatic rings. The van der Waals surface area contributed by atoms with Crippen molar-refractivity contribution in [2.45, 2.75) is 18.9 Å². The van der Waals surface area contributed by atoms with E-state index in [1.165, 1.54) is 0 Å². The Hall–Kier alpha value is -2.80. The molecule has 0 amide bonds. The van der Waals surface area contributed by atoms with Crippen LogP contribution in [0.3, 0.4) is 0 Å². The molecule has 5 rings (SSSR count). The molecule has 0 bridgehead atoms. The summed E-state index contributed by atoms with van der Waals surface area (Å²) in [5.41, 5.74) is 10.5. The fraction of sp³-hybridized carbons (Fsp3) is 0.217. The van der Waals surface area contributed by atoms with Gasteiger partial charge >= 0.3 is 0 Å². The minimum atomic E-state index is 0.410. The number of hydrogen-bond donors (Lipinski definition) is 3. The first kappa shape index (κ1) is 20.1. The summed E-state index contributed by atoms with van der Waals surface area (Å²) in [6, 6.07) is 10.1. The fourth-order valence-corrected chi connectivity index (χ4v) is 4.68. The van der Waals surface area contributed by atoms with E-state index in [0.29, 0.717) is 33.3 Å². The third kappa shape index (κ3) is 3.94. The highest BCUT2D eigenvalue weighted by molar-refractivity contribution is 6.39. The average molecular weight is 453 g/mol. The standard InChI is InChI=1S/C23H22Cl2N6/c24-18-2-1-3-19(25)21(18)20-12-29-23(30-20)17-10-15(11-28-22(17)26)14-6-9-31(13-14)16-4-7-27-8-5-16/h1-3,6,9-13,16,27H,4-5,7-8H2,(H2,26,28)(H,29,30). The predicted molar refractivity (Wildman–Crippen MR) is 126 cm³/mol. The van der Waals surface area contributed by atoms with Gasteiger partial charge in [0.2, 0.25) is 0 Å². The number of rotatable bonds is 4. The quantitative estimate of drug-likeness (QED) is 0.385. The molecule has 1 aromatic carbocycles. The van der Waals surface area contributed by atoms with Crippen LogP contribution in [0.5, 0.6) is 0 Å². The maximum absolute atomic E-state index is 6.35. The van der Waals surface area contributed by atoms with Crippen LogP contribution in [0, 0.1) is 0 Å². The molecule has 1 aliphatic rings. The van der Waals surface area contributed by atoms with Crippen LogP contribution in [0.2, 0.25) is 10.0 Å². The van der Waals surface area contributed by atoms with E-state index in [1.807, 2.05) is 12.1 Å². The number of benzene rings is 1. The lowest BCUT2D eigenvalue weighted by atomic mass is 10.1. The molecule has 1 saturated heterocycles. The molecular weight excluding hydrogens is 431 g/mol. The Morgan fingerprint density at radius 2 is 1.77 bits per heavy atom. The van der Waals surface area contributed by atoms with Crippen molar-refractivity contribution >= 4 is 29.0 Å². The van der Waals surface area contributed by atoms with E-state index in [2.05, 4.69) is 43.3 Å². The van der Waals surface area contributed by atoms with Crippen molar-refractivity contribution < 1.29 is 0 Å². The summed E-state index contributed by atoms with van der Waals surface area (Å²) in [7, 11) is 0. The molecule has 31 heavy (non-hydrogen) atoms. The molecule has 0 saturated carbocycles. The Morgan fingerprint density at radius 3 is 2.55 bits per heavy atom. The zero-order valence-corrected chi connectivity index (χ0v) is 18.3. The topological polar surface area (TPSA) is 84.5 Å². The maximum Gasteiger partial charge on any atom is 0.141 e. The number of nitrogens with zero attached hydrogens (tertiary/aromatic N) is 3. The van der Waals surface area contributed by atoms with Crippen LogP contribution in [-0.4, -0.2) is 32.6 Å². The van der Waals surface area contributed by atoms with E-state index in [0.717, 1.165) is 48.3 Å². The second-order valence-electron chi connectivity index (χ2n) is 7.73. The summed E-state index contributed by atoms with van der Waals surface area (Å²) in [4.78, 5) is 12.2. The van der Waals surface area contributed by atoms with Crippen molar-refractivity contribution in [2.75, 3.05) is 18.8 Å². The summed E-state index contributed by atoms with van der Waals surface area (Å²) >= 11 is 12.7. The Bertz CT molecular complexity index is 1200. The third-order valence-electron chi connectivity index (χ3n) is 5.76. The molecule has 158 valence electrons. The van der Waals surface area contributed by atoms with Crippen molar-refractivity contribution in [1.29, 1.82) is 0 Å². The van der Waals surface area contributed by atoms with Gasteiger partial charge in [-0.1, -0.05) is 29.3 Å². The van der Waals surface area contributed by atoms with Crippen LogP contribution in [0.15, 0.2) is 55.1 Å². The van der Waals surface area contributed by atoms with E-state index < -0.39 is 0 Å². The van der Waals surface area contributed by atoms with Gasteiger partial charge in [-0.05, 0) is 50.2 Å². The van der Waals surface area contributed by atoms with E-state index in [4.69, 9.17) is 28.9 Å². The van der Waals surface area contributed by atoms with Crippen LogP contribution < -0.4 is 11.1 Å². The van der Waals surface area contributed by atoms with Crippen LogP contribution in [0.4, 0.5) is 5.82 Å². The Labute approximate surface area is 190 Å². The van der Waals surface area contributed by atoms with Crippen LogP contribution in [-0.2, 0) is 0 Å². The van der Waals surface area contributed by atoms with Crippen molar-refractivity contribution in [1.82, 2.24) is 24.8 Å². The van der Waals surface area contributed by atoms with E-state index >= 15 is 0 Å². The van der Waals surface area contributed by atoms with Crippen LogP contribution in [0.1, 0.15) is 18.9 Å². The second kappa shape index (κ2) is 8.38. The number of halogens is 2. The molecule has 0 unspecified atom stereocenters. The number of aromatic nitrogens is 4. The smallest absolute Gasteiger partial charge is 0.141 e. The number of aromatic amines is 1. The fourth-order valence-electron chi connectivity index (χ4n) is 4.08. The van der Waals surface area contributed by atoms with Gasteiger partial charge in [0, 0.05) is 41.3 Å². The number of piperidine rings is 1. The van der Waals surface area contributed by atoms with Crippen molar-refractivity contribution in [3.8, 4) is 33.8 Å². The first-order valence-corrected chi connectivity index (χ1v) is 11.0. The summed E-state index contributed by atoms with van der Waals surface area (Å²) in [5, 5.41) is 4.53. The number of nitrogens with two attached hydrogens (primary N) is 1. The van der Waals surface area contributed by atoms with E-state index in [1.54, 1.807) is 24.5 Å².